The number of imidazole rings is 1. The number of nitrogens with two attached hydrogens (primary N) is 3. The van der Waals surface area contributed by atoms with Gasteiger partial charge >= 0.3 is 0 Å². The first-order chi connectivity index (χ1) is 14.6. The van der Waals surface area contributed by atoms with Crippen molar-refractivity contribution in [2.75, 3.05) is 0 Å². The van der Waals surface area contributed by atoms with Gasteiger partial charge in [0.2, 0.25) is 5.91 Å². The Morgan fingerprint density at radius 1 is 1.26 bits per heavy atom. The predicted octanol–water partition coefficient (Wildman–Crippen LogP) is 0.738. The molecule has 1 heterocycles. The van der Waals surface area contributed by atoms with E-state index in [1.165, 1.54) is 19.7 Å². The number of nitrogens with zero attached hydrogens (tertiary/aromatic N) is 1. The predicted molar refractivity (Wildman–Crippen MR) is 117 cm³/mol. The normalized spacial score (nSPS) is 19.9. The fourth-order valence-corrected chi connectivity index (χ4v) is 4.50. The van der Waals surface area contributed by atoms with Crippen molar-refractivity contribution in [3.63, 3.8) is 0 Å². The zero-order valence-corrected chi connectivity index (χ0v) is 18.4. The van der Waals surface area contributed by atoms with E-state index in [9.17, 15) is 19.5 Å². The Balaban J connectivity index is 2.04. The highest BCUT2D eigenvalue weighted by atomic mass is 16.3. The number of rotatable bonds is 13. The number of carbonyl (C=O) groups is 3. The Labute approximate surface area is 183 Å². The Hall–Kier alpha value is -2.10. The van der Waals surface area contributed by atoms with Crippen LogP contribution in [0.1, 0.15) is 70.4 Å². The summed E-state index contributed by atoms with van der Waals surface area (Å²) >= 11 is 0. The Kier molecular flexibility index (Phi) is 9.33. The average Bonchev–Trinajstić information content (AvgIpc) is 3.24. The van der Waals surface area contributed by atoms with Gasteiger partial charge in [0.15, 0.2) is 5.78 Å². The first kappa shape index (κ1) is 25.2. The molecule has 174 valence electrons. The van der Waals surface area contributed by atoms with Gasteiger partial charge in [0, 0.05) is 37.2 Å². The third-order valence-corrected chi connectivity index (χ3v) is 6.58. The lowest BCUT2D eigenvalue weighted by Crippen LogP contribution is -2.49. The first-order valence-electron chi connectivity index (χ1n) is 11.2. The van der Waals surface area contributed by atoms with E-state index in [1.54, 1.807) is 6.20 Å². The van der Waals surface area contributed by atoms with Gasteiger partial charge in [-0.15, -0.1) is 0 Å². The number of carbonyl (C=O) groups excluding carboxylic acids is 3. The van der Waals surface area contributed by atoms with Crippen LogP contribution < -0.4 is 17.2 Å². The molecule has 1 aliphatic rings. The summed E-state index contributed by atoms with van der Waals surface area (Å²) in [4.78, 5) is 44.4. The fraction of sp³-hybridized carbons (Fsp3) is 0.727. The molecule has 0 saturated heterocycles. The summed E-state index contributed by atoms with van der Waals surface area (Å²) in [7, 11) is 0. The molecule has 9 nitrogen and oxygen atoms in total. The second kappa shape index (κ2) is 11.5. The second-order valence-electron chi connectivity index (χ2n) is 9.13. The average molecular weight is 436 g/mol. The minimum absolute atomic E-state index is 0.0436. The van der Waals surface area contributed by atoms with Crippen LogP contribution in [0.5, 0.6) is 0 Å². The summed E-state index contributed by atoms with van der Waals surface area (Å²) in [6, 6.07) is -1.14. The molecule has 0 bridgehead atoms. The summed E-state index contributed by atoms with van der Waals surface area (Å²) < 4.78 is 0. The van der Waals surface area contributed by atoms with Gasteiger partial charge in [0.1, 0.15) is 5.78 Å². The molecular formula is C22H37N5O4. The molecule has 1 amide bonds. The number of hydrogen-bond acceptors (Lipinski definition) is 7. The molecule has 8 N–H and O–H groups in total. The largest absolute Gasteiger partial charge is 0.393 e. The molecule has 0 aliphatic heterocycles. The molecule has 4 atom stereocenters. The van der Waals surface area contributed by atoms with Gasteiger partial charge in [-0.3, -0.25) is 14.4 Å². The Morgan fingerprint density at radius 2 is 1.94 bits per heavy atom. The molecule has 0 aromatic carbocycles. The number of aliphatic hydroxyl groups is 1. The smallest absolute Gasteiger partial charge is 0.217 e. The molecule has 1 aliphatic carbocycles. The topological polar surface area (TPSA) is 178 Å². The lowest BCUT2D eigenvalue weighted by Gasteiger charge is -2.31. The van der Waals surface area contributed by atoms with E-state index in [0.717, 1.165) is 25.7 Å². The number of ketones is 2. The fourth-order valence-electron chi connectivity index (χ4n) is 4.50. The number of nitrogens with one attached hydrogen (secondary N) is 1. The molecule has 0 spiro atoms. The Bertz CT molecular complexity index is 732. The van der Waals surface area contributed by atoms with Crippen LogP contribution in [0.4, 0.5) is 0 Å². The van der Waals surface area contributed by atoms with E-state index in [2.05, 4.69) is 9.97 Å². The lowest BCUT2D eigenvalue weighted by atomic mass is 9.72. The number of H-pyrrole nitrogens is 1. The van der Waals surface area contributed by atoms with Crippen LogP contribution in [0.15, 0.2) is 12.5 Å². The summed E-state index contributed by atoms with van der Waals surface area (Å²) in [6.45, 7) is 1.49. The van der Waals surface area contributed by atoms with Crippen LogP contribution in [0.25, 0.3) is 0 Å². The molecule has 0 radical (unpaired) electrons. The molecule has 31 heavy (non-hydrogen) atoms. The zero-order valence-electron chi connectivity index (χ0n) is 18.4. The third-order valence-electron chi connectivity index (χ3n) is 6.58. The van der Waals surface area contributed by atoms with Gasteiger partial charge in [0.05, 0.1) is 23.9 Å². The van der Waals surface area contributed by atoms with E-state index >= 15 is 0 Å². The van der Waals surface area contributed by atoms with Gasteiger partial charge in [-0.2, -0.15) is 0 Å². The van der Waals surface area contributed by atoms with Crippen LogP contribution >= 0.6 is 0 Å². The van der Waals surface area contributed by atoms with Gasteiger partial charge in [0.25, 0.3) is 0 Å². The maximum absolute atomic E-state index is 13.2. The van der Waals surface area contributed by atoms with Crippen molar-refractivity contribution in [3.05, 3.63) is 18.2 Å². The lowest BCUT2D eigenvalue weighted by molar-refractivity contribution is -0.142. The summed E-state index contributed by atoms with van der Waals surface area (Å²) in [5.41, 5.74) is 16.8. The molecular weight excluding hydrogens is 398 g/mol. The number of aromatic amines is 1. The standard InChI is InChI=1S/C22H37N5O4/c1-22(8-7-20(25)30,21(31)18(24)9-15-12-26-13-27-15)19(29)11-16(28)10-17(23)14-5-3-2-4-6-14/h12-14,16-18,28H,2-11,23-24H2,1H3,(H2,25,30)(H,26,27)/t16?,17?,18-,22?/m0/s1. The monoisotopic (exact) mass is 435 g/mol. The van der Waals surface area contributed by atoms with Crippen LogP contribution in [0.2, 0.25) is 0 Å². The number of amides is 1. The SMILES string of the molecule is CC(CCC(N)=O)(C(=O)CC(O)CC(N)C1CCCCC1)C(=O)[C@@H](N)Cc1cnc[nH]1. The molecule has 1 fully saturated rings. The van der Waals surface area contributed by atoms with Crippen LogP contribution in [0.3, 0.4) is 0 Å². The summed E-state index contributed by atoms with van der Waals surface area (Å²) in [5.74, 6) is -1.17. The molecule has 1 saturated carbocycles. The van der Waals surface area contributed by atoms with Crippen molar-refractivity contribution in [1.82, 2.24) is 9.97 Å². The van der Waals surface area contributed by atoms with E-state index in [4.69, 9.17) is 17.2 Å². The molecule has 2 rings (SSSR count). The molecule has 9 heteroatoms. The van der Waals surface area contributed by atoms with Crippen LogP contribution in [0, 0.1) is 11.3 Å². The quantitative estimate of drug-likeness (QED) is 0.283. The van der Waals surface area contributed by atoms with Gasteiger partial charge < -0.3 is 27.3 Å². The van der Waals surface area contributed by atoms with Crippen LogP contribution in [-0.2, 0) is 20.8 Å². The number of Topliss-reactive ketones (excluding diaryl/α,β-unsaturated/α-hetero) is 2. The van der Waals surface area contributed by atoms with Crippen molar-refractivity contribution in [2.45, 2.75) is 89.3 Å². The maximum Gasteiger partial charge on any atom is 0.217 e. The van der Waals surface area contributed by atoms with Crippen molar-refractivity contribution in [1.29, 1.82) is 0 Å². The third kappa shape index (κ3) is 7.22. The zero-order chi connectivity index (χ0) is 23.0. The molecule has 1 aromatic rings. The number of primary amides is 1. The van der Waals surface area contributed by atoms with E-state index in [0.29, 0.717) is 18.0 Å². The number of hydrogen-bond donors (Lipinski definition) is 5. The van der Waals surface area contributed by atoms with Crippen molar-refractivity contribution < 1.29 is 19.5 Å². The number of aromatic nitrogens is 2. The van der Waals surface area contributed by atoms with Gasteiger partial charge in [-0.1, -0.05) is 19.3 Å². The van der Waals surface area contributed by atoms with E-state index in [-0.39, 0.29) is 31.7 Å². The minimum Gasteiger partial charge on any atom is -0.393 e. The highest BCUT2D eigenvalue weighted by molar-refractivity contribution is 6.09. The maximum atomic E-state index is 13.2. The van der Waals surface area contributed by atoms with Gasteiger partial charge in [-0.25, -0.2) is 4.98 Å². The highest BCUT2D eigenvalue weighted by Crippen LogP contribution is 2.31. The number of aliphatic hydroxyl groups excluding tert-OH is 1. The minimum atomic E-state index is -1.51. The summed E-state index contributed by atoms with van der Waals surface area (Å²) in [5, 5.41) is 10.5. The highest BCUT2D eigenvalue weighted by Gasteiger charge is 2.43. The van der Waals surface area contributed by atoms with Crippen molar-refractivity contribution in [3.8, 4) is 0 Å². The van der Waals surface area contributed by atoms with Crippen molar-refractivity contribution >= 4 is 17.5 Å². The first-order valence-corrected chi connectivity index (χ1v) is 11.2. The van der Waals surface area contributed by atoms with Gasteiger partial charge in [-0.05, 0) is 38.5 Å². The summed E-state index contributed by atoms with van der Waals surface area (Å²) in [6.07, 6.45) is 7.78. The molecule has 3 unspecified atom stereocenters. The van der Waals surface area contributed by atoms with Crippen LogP contribution in [-0.4, -0.2) is 50.7 Å². The van der Waals surface area contributed by atoms with E-state index in [1.807, 2.05) is 0 Å². The van der Waals surface area contributed by atoms with Crippen molar-refractivity contribution in [2.24, 2.45) is 28.5 Å². The second-order valence-corrected chi connectivity index (χ2v) is 9.13. The van der Waals surface area contributed by atoms with E-state index < -0.39 is 35.0 Å². The Morgan fingerprint density at radius 3 is 2.52 bits per heavy atom. The molecule has 1 aromatic heterocycles.